The summed E-state index contributed by atoms with van der Waals surface area (Å²) in [7, 11) is 1.38. The van der Waals surface area contributed by atoms with Crippen LogP contribution in [0.15, 0.2) is 42.0 Å². The predicted octanol–water partition coefficient (Wildman–Crippen LogP) is 5.10. The smallest absolute Gasteiger partial charge is 0.495 e. The molecule has 146 valence electrons. The Morgan fingerprint density at radius 2 is 1.93 bits per heavy atom. The van der Waals surface area contributed by atoms with Crippen LogP contribution in [0.25, 0.3) is 6.08 Å². The molecule has 9 heteroatoms. The number of nitriles is 1. The van der Waals surface area contributed by atoms with Crippen LogP contribution in [0, 0.1) is 18.3 Å². The molecule has 28 heavy (non-hydrogen) atoms. The second-order valence-corrected chi connectivity index (χ2v) is 5.92. The van der Waals surface area contributed by atoms with Crippen molar-refractivity contribution in [3.05, 3.63) is 58.1 Å². The Labute approximate surface area is 163 Å². The molecular formula is C19H14ClF3N2O3. The molecule has 2 aromatic rings. The first kappa shape index (κ1) is 21.1. The monoisotopic (exact) mass is 410 g/mol. The average Bonchev–Trinajstić information content (AvgIpc) is 2.62. The first-order valence-corrected chi connectivity index (χ1v) is 8.14. The van der Waals surface area contributed by atoms with Crippen LogP contribution >= 0.6 is 11.6 Å². The quantitative estimate of drug-likeness (QED) is 0.549. The molecule has 0 heterocycles. The number of aryl methyl sites for hydroxylation is 1. The summed E-state index contributed by atoms with van der Waals surface area (Å²) in [5.74, 6) is -1.10. The van der Waals surface area contributed by atoms with E-state index in [4.69, 9.17) is 16.3 Å². The number of alkyl halides is 3. The summed E-state index contributed by atoms with van der Waals surface area (Å²) in [6.07, 6.45) is -3.90. The minimum atomic E-state index is -4.91. The second-order valence-electron chi connectivity index (χ2n) is 5.51. The molecule has 0 fully saturated rings. The minimum Gasteiger partial charge on any atom is -0.495 e. The second kappa shape index (κ2) is 8.67. The number of nitrogens with one attached hydrogen (secondary N) is 1. The van der Waals surface area contributed by atoms with Crippen LogP contribution in [0.2, 0.25) is 5.02 Å². The molecule has 0 aliphatic rings. The Kier molecular flexibility index (Phi) is 6.54. The number of para-hydroxylation sites is 1. The van der Waals surface area contributed by atoms with Gasteiger partial charge < -0.3 is 14.8 Å². The van der Waals surface area contributed by atoms with E-state index in [9.17, 15) is 23.2 Å². The Balaban J connectivity index is 2.36. The van der Waals surface area contributed by atoms with Gasteiger partial charge in [0.2, 0.25) is 0 Å². The zero-order valence-corrected chi connectivity index (χ0v) is 15.5. The number of hydrogen-bond acceptors (Lipinski definition) is 4. The van der Waals surface area contributed by atoms with Gasteiger partial charge in [0.25, 0.3) is 5.91 Å². The molecule has 0 spiro atoms. The summed E-state index contributed by atoms with van der Waals surface area (Å²) in [5, 5.41) is 12.2. The van der Waals surface area contributed by atoms with Crippen LogP contribution in [0.3, 0.4) is 0 Å². The SMILES string of the molecule is COc1cc(Cl)c(C)cc1NC(=O)/C(C#N)=C/c1ccccc1OC(F)(F)F. The minimum absolute atomic E-state index is 0.0780. The number of halogens is 4. The highest BCUT2D eigenvalue weighted by Crippen LogP contribution is 2.32. The van der Waals surface area contributed by atoms with Gasteiger partial charge >= 0.3 is 6.36 Å². The van der Waals surface area contributed by atoms with Crippen molar-refractivity contribution in [3.8, 4) is 17.6 Å². The van der Waals surface area contributed by atoms with E-state index in [1.165, 1.54) is 31.4 Å². The maximum atomic E-state index is 12.5. The fraction of sp³-hybridized carbons (Fsp3) is 0.158. The normalized spacial score (nSPS) is 11.5. The Morgan fingerprint density at radius 3 is 2.54 bits per heavy atom. The molecule has 0 bridgehead atoms. The van der Waals surface area contributed by atoms with Gasteiger partial charge in [-0.15, -0.1) is 13.2 Å². The molecule has 0 saturated heterocycles. The molecule has 0 aliphatic heterocycles. The van der Waals surface area contributed by atoms with Crippen molar-refractivity contribution >= 4 is 29.3 Å². The van der Waals surface area contributed by atoms with Gasteiger partial charge in [0.05, 0.1) is 12.8 Å². The topological polar surface area (TPSA) is 71.3 Å². The standard InChI is InChI=1S/C19H14ClF3N2O3/c1-11-7-15(17(27-2)9-14(11)20)25-18(26)13(10-24)8-12-5-3-4-6-16(12)28-19(21,22)23/h3-9H,1-2H3,(H,25,26)/b13-8+. The molecule has 2 rings (SSSR count). The number of nitrogens with zero attached hydrogens (tertiary/aromatic N) is 1. The molecule has 0 radical (unpaired) electrons. The summed E-state index contributed by atoms with van der Waals surface area (Å²) in [6.45, 7) is 1.71. The van der Waals surface area contributed by atoms with Gasteiger partial charge in [0, 0.05) is 16.7 Å². The van der Waals surface area contributed by atoms with Crippen molar-refractivity contribution in [1.82, 2.24) is 0 Å². The molecule has 2 aromatic carbocycles. The summed E-state index contributed by atoms with van der Waals surface area (Å²) >= 11 is 6.01. The third-order valence-corrected chi connectivity index (χ3v) is 3.95. The number of carbonyl (C=O) groups is 1. The summed E-state index contributed by atoms with van der Waals surface area (Å²) in [4.78, 5) is 12.5. The summed E-state index contributed by atoms with van der Waals surface area (Å²) in [6, 6.07) is 9.88. The lowest BCUT2D eigenvalue weighted by Crippen LogP contribution is -2.18. The van der Waals surface area contributed by atoms with Crippen LogP contribution < -0.4 is 14.8 Å². The first-order chi connectivity index (χ1) is 13.1. The van der Waals surface area contributed by atoms with E-state index >= 15 is 0 Å². The van der Waals surface area contributed by atoms with E-state index in [1.807, 2.05) is 0 Å². The van der Waals surface area contributed by atoms with Gasteiger partial charge in [-0.3, -0.25) is 4.79 Å². The number of hydrogen-bond donors (Lipinski definition) is 1. The highest BCUT2D eigenvalue weighted by molar-refractivity contribution is 6.31. The van der Waals surface area contributed by atoms with Gasteiger partial charge in [0.1, 0.15) is 23.1 Å². The van der Waals surface area contributed by atoms with E-state index in [0.29, 0.717) is 10.6 Å². The Morgan fingerprint density at radius 1 is 1.25 bits per heavy atom. The Bertz CT molecular complexity index is 966. The maximum absolute atomic E-state index is 12.5. The van der Waals surface area contributed by atoms with E-state index < -0.39 is 23.6 Å². The fourth-order valence-electron chi connectivity index (χ4n) is 2.24. The first-order valence-electron chi connectivity index (χ1n) is 7.76. The van der Waals surface area contributed by atoms with Crippen molar-refractivity contribution in [1.29, 1.82) is 5.26 Å². The molecule has 0 atom stereocenters. The van der Waals surface area contributed by atoms with Gasteiger partial charge in [-0.1, -0.05) is 29.8 Å². The van der Waals surface area contributed by atoms with E-state index in [1.54, 1.807) is 19.1 Å². The van der Waals surface area contributed by atoms with Gasteiger partial charge in [-0.2, -0.15) is 5.26 Å². The van der Waals surface area contributed by atoms with Crippen LogP contribution in [0.5, 0.6) is 11.5 Å². The zero-order chi connectivity index (χ0) is 20.9. The molecule has 0 aromatic heterocycles. The molecule has 1 amide bonds. The van der Waals surface area contributed by atoms with Crippen LogP contribution in [-0.2, 0) is 4.79 Å². The van der Waals surface area contributed by atoms with Crippen LogP contribution in [0.1, 0.15) is 11.1 Å². The van der Waals surface area contributed by atoms with Gasteiger partial charge in [-0.25, -0.2) is 0 Å². The van der Waals surface area contributed by atoms with Crippen molar-refractivity contribution in [2.24, 2.45) is 0 Å². The lowest BCUT2D eigenvalue weighted by Gasteiger charge is -2.13. The van der Waals surface area contributed by atoms with Gasteiger partial charge in [0.15, 0.2) is 0 Å². The number of benzene rings is 2. The summed E-state index contributed by atoms with van der Waals surface area (Å²) in [5.41, 5.74) is 0.415. The third kappa shape index (κ3) is 5.41. The number of ether oxygens (including phenoxy) is 2. The van der Waals surface area contributed by atoms with E-state index in [0.717, 1.165) is 12.1 Å². The predicted molar refractivity (Wildman–Crippen MR) is 98.1 cm³/mol. The van der Waals surface area contributed by atoms with E-state index in [-0.39, 0.29) is 17.0 Å². The number of amides is 1. The number of rotatable bonds is 5. The number of anilines is 1. The molecule has 0 aliphatic carbocycles. The zero-order valence-electron chi connectivity index (χ0n) is 14.7. The van der Waals surface area contributed by atoms with Crippen molar-refractivity contribution < 1.29 is 27.4 Å². The molecule has 1 N–H and O–H groups in total. The number of carbonyl (C=O) groups excluding carboxylic acids is 1. The van der Waals surface area contributed by atoms with Crippen LogP contribution in [0.4, 0.5) is 18.9 Å². The lowest BCUT2D eigenvalue weighted by molar-refractivity contribution is -0.274. The molecule has 0 saturated carbocycles. The molecular weight excluding hydrogens is 397 g/mol. The molecule has 0 unspecified atom stereocenters. The lowest BCUT2D eigenvalue weighted by atomic mass is 10.1. The summed E-state index contributed by atoms with van der Waals surface area (Å²) < 4.78 is 46.6. The van der Waals surface area contributed by atoms with Crippen molar-refractivity contribution in [3.63, 3.8) is 0 Å². The van der Waals surface area contributed by atoms with Crippen molar-refractivity contribution in [2.75, 3.05) is 12.4 Å². The third-order valence-electron chi connectivity index (χ3n) is 3.54. The van der Waals surface area contributed by atoms with E-state index in [2.05, 4.69) is 10.1 Å². The Hall–Kier alpha value is -3.18. The maximum Gasteiger partial charge on any atom is 0.573 e. The average molecular weight is 411 g/mol. The molecule has 5 nitrogen and oxygen atoms in total. The highest BCUT2D eigenvalue weighted by atomic mass is 35.5. The van der Waals surface area contributed by atoms with Crippen molar-refractivity contribution in [2.45, 2.75) is 13.3 Å². The largest absolute Gasteiger partial charge is 0.573 e. The highest BCUT2D eigenvalue weighted by Gasteiger charge is 2.32. The van der Waals surface area contributed by atoms with Crippen LogP contribution in [-0.4, -0.2) is 19.4 Å². The fourth-order valence-corrected chi connectivity index (χ4v) is 2.39. The van der Waals surface area contributed by atoms with Gasteiger partial charge in [-0.05, 0) is 30.7 Å². The number of methoxy groups -OCH3 is 1.